The van der Waals surface area contributed by atoms with E-state index >= 15 is 0 Å². The number of hydrogen-bond donors (Lipinski definition) is 1. The summed E-state index contributed by atoms with van der Waals surface area (Å²) in [6.45, 7) is 0.345. The summed E-state index contributed by atoms with van der Waals surface area (Å²) in [4.78, 5) is 0. The van der Waals surface area contributed by atoms with Crippen molar-refractivity contribution in [3.8, 4) is 6.07 Å². The number of nitriles is 1. The number of nitrogens with zero attached hydrogens (tertiary/aromatic N) is 1. The van der Waals surface area contributed by atoms with Gasteiger partial charge in [-0.2, -0.15) is 5.26 Å². The van der Waals surface area contributed by atoms with E-state index < -0.39 is 6.17 Å². The third-order valence-electron chi connectivity index (χ3n) is 1.23. The molecule has 0 saturated carbocycles. The third kappa shape index (κ3) is 2.17. The van der Waals surface area contributed by atoms with Gasteiger partial charge in [-0.25, -0.2) is 4.39 Å². The number of nitrogens with one attached hydrogen (secondary N) is 1. The molecule has 4 heteroatoms. The van der Waals surface area contributed by atoms with Gasteiger partial charge in [-0.05, 0) is 0 Å². The van der Waals surface area contributed by atoms with Gasteiger partial charge in [-0.3, -0.25) is 5.32 Å². The molecule has 2 nitrogen and oxygen atoms in total. The lowest BCUT2D eigenvalue weighted by Crippen LogP contribution is -2.18. The molecule has 1 aliphatic heterocycles. The van der Waals surface area contributed by atoms with Gasteiger partial charge in [-0.15, -0.1) is 12.4 Å². The zero-order valence-corrected chi connectivity index (χ0v) is 5.62. The highest BCUT2D eigenvalue weighted by Gasteiger charge is 2.22. The van der Waals surface area contributed by atoms with E-state index in [1.54, 1.807) is 0 Å². The molecule has 0 unspecified atom stereocenters. The van der Waals surface area contributed by atoms with Crippen molar-refractivity contribution in [2.75, 3.05) is 6.54 Å². The second-order valence-electron chi connectivity index (χ2n) is 1.92. The molecular formula is C5H8ClFN2. The van der Waals surface area contributed by atoms with Crippen LogP contribution in [0.25, 0.3) is 0 Å². The summed E-state index contributed by atoms with van der Waals surface area (Å²) in [5.74, 6) is 0. The van der Waals surface area contributed by atoms with Crippen molar-refractivity contribution in [2.24, 2.45) is 0 Å². The first-order valence-corrected chi connectivity index (χ1v) is 2.60. The molecular weight excluding hydrogens is 143 g/mol. The Morgan fingerprint density at radius 1 is 1.67 bits per heavy atom. The molecule has 0 radical (unpaired) electrons. The van der Waals surface area contributed by atoms with Gasteiger partial charge >= 0.3 is 0 Å². The number of alkyl halides is 1. The van der Waals surface area contributed by atoms with Crippen molar-refractivity contribution in [1.29, 1.82) is 5.26 Å². The zero-order valence-electron chi connectivity index (χ0n) is 4.80. The molecule has 52 valence electrons. The molecule has 1 saturated heterocycles. The molecule has 0 amide bonds. The molecule has 1 fully saturated rings. The second-order valence-corrected chi connectivity index (χ2v) is 1.92. The van der Waals surface area contributed by atoms with Gasteiger partial charge in [0.2, 0.25) is 0 Å². The molecule has 0 aromatic heterocycles. The predicted octanol–water partition coefficient (Wildman–Crippen LogP) is 0.632. The van der Waals surface area contributed by atoms with Crippen molar-refractivity contribution in [3.05, 3.63) is 0 Å². The van der Waals surface area contributed by atoms with Crippen LogP contribution in [0.15, 0.2) is 0 Å². The minimum atomic E-state index is -0.806. The van der Waals surface area contributed by atoms with Crippen LogP contribution in [0.1, 0.15) is 6.42 Å². The van der Waals surface area contributed by atoms with Gasteiger partial charge in [0.25, 0.3) is 0 Å². The summed E-state index contributed by atoms with van der Waals surface area (Å²) < 4.78 is 12.1. The van der Waals surface area contributed by atoms with Gasteiger partial charge in [0.1, 0.15) is 6.17 Å². The molecule has 9 heavy (non-hydrogen) atoms. The largest absolute Gasteiger partial charge is 0.299 e. The van der Waals surface area contributed by atoms with Crippen LogP contribution in [-0.4, -0.2) is 18.8 Å². The predicted molar refractivity (Wildman–Crippen MR) is 34.2 cm³/mol. The average Bonchev–Trinajstić information content (AvgIpc) is 2.14. The van der Waals surface area contributed by atoms with Gasteiger partial charge in [0.15, 0.2) is 0 Å². The quantitative estimate of drug-likeness (QED) is 0.550. The third-order valence-corrected chi connectivity index (χ3v) is 1.23. The molecule has 2 atom stereocenters. The van der Waals surface area contributed by atoms with Crippen LogP contribution in [0.5, 0.6) is 0 Å². The Morgan fingerprint density at radius 2 is 2.33 bits per heavy atom. The zero-order chi connectivity index (χ0) is 5.98. The first-order valence-electron chi connectivity index (χ1n) is 2.60. The van der Waals surface area contributed by atoms with Crippen LogP contribution in [0.2, 0.25) is 0 Å². The van der Waals surface area contributed by atoms with Crippen LogP contribution >= 0.6 is 12.4 Å². The summed E-state index contributed by atoms with van der Waals surface area (Å²) in [7, 11) is 0. The minimum absolute atomic E-state index is 0. The Labute approximate surface area is 59.5 Å². The van der Waals surface area contributed by atoms with Crippen LogP contribution in [0, 0.1) is 11.3 Å². The van der Waals surface area contributed by atoms with Crippen LogP contribution in [0.3, 0.4) is 0 Å². The van der Waals surface area contributed by atoms with E-state index in [1.807, 2.05) is 6.07 Å². The lowest BCUT2D eigenvalue weighted by molar-refractivity contribution is 0.359. The lowest BCUT2D eigenvalue weighted by Gasteiger charge is -1.91. The van der Waals surface area contributed by atoms with Crippen molar-refractivity contribution in [2.45, 2.75) is 18.6 Å². The Hall–Kier alpha value is -0.330. The Bertz CT molecular complexity index is 123. The first-order chi connectivity index (χ1) is 3.83. The van der Waals surface area contributed by atoms with Crippen LogP contribution < -0.4 is 5.32 Å². The highest BCUT2D eigenvalue weighted by Crippen LogP contribution is 2.07. The normalized spacial score (nSPS) is 32.9. The van der Waals surface area contributed by atoms with Crippen LogP contribution in [-0.2, 0) is 0 Å². The fourth-order valence-electron chi connectivity index (χ4n) is 0.791. The highest BCUT2D eigenvalue weighted by molar-refractivity contribution is 5.85. The van der Waals surface area contributed by atoms with Gasteiger partial charge < -0.3 is 0 Å². The summed E-state index contributed by atoms with van der Waals surface area (Å²) >= 11 is 0. The Morgan fingerprint density at radius 3 is 2.56 bits per heavy atom. The van der Waals surface area contributed by atoms with Gasteiger partial charge in [0.05, 0.1) is 12.1 Å². The molecule has 0 spiro atoms. The Kier molecular flexibility index (Phi) is 3.52. The van der Waals surface area contributed by atoms with E-state index in [-0.39, 0.29) is 18.4 Å². The summed E-state index contributed by atoms with van der Waals surface area (Å²) in [6, 6.07) is 1.70. The standard InChI is InChI=1S/C5H7FN2.ClH/c6-4-1-5(2-7)8-3-4;/h4-5,8H,1,3H2;1H/t4-,5-;/m1./s1. The lowest BCUT2D eigenvalue weighted by atomic mass is 10.2. The molecule has 1 aliphatic rings. The first kappa shape index (κ1) is 8.67. The highest BCUT2D eigenvalue weighted by atomic mass is 35.5. The van der Waals surface area contributed by atoms with E-state index in [0.717, 1.165) is 0 Å². The van der Waals surface area contributed by atoms with E-state index in [2.05, 4.69) is 5.32 Å². The molecule has 0 aliphatic carbocycles. The molecule has 1 N–H and O–H groups in total. The van der Waals surface area contributed by atoms with Gasteiger partial charge in [0, 0.05) is 13.0 Å². The smallest absolute Gasteiger partial charge is 0.115 e. The average molecular weight is 151 g/mol. The number of hydrogen-bond acceptors (Lipinski definition) is 2. The summed E-state index contributed by atoms with van der Waals surface area (Å²) in [6.07, 6.45) is -0.448. The number of halogens is 2. The molecule has 0 aromatic carbocycles. The van der Waals surface area contributed by atoms with E-state index in [4.69, 9.17) is 5.26 Å². The Balaban J connectivity index is 0.000000640. The maximum Gasteiger partial charge on any atom is 0.115 e. The minimum Gasteiger partial charge on any atom is -0.299 e. The number of rotatable bonds is 0. The van der Waals surface area contributed by atoms with Crippen molar-refractivity contribution < 1.29 is 4.39 Å². The van der Waals surface area contributed by atoms with Crippen molar-refractivity contribution in [1.82, 2.24) is 5.32 Å². The van der Waals surface area contributed by atoms with E-state index in [9.17, 15) is 4.39 Å². The summed E-state index contributed by atoms with van der Waals surface area (Å²) in [5, 5.41) is 10.9. The fraction of sp³-hybridized carbons (Fsp3) is 0.800. The van der Waals surface area contributed by atoms with E-state index in [0.29, 0.717) is 13.0 Å². The summed E-state index contributed by atoms with van der Waals surface area (Å²) in [5.41, 5.74) is 0. The van der Waals surface area contributed by atoms with Gasteiger partial charge in [-0.1, -0.05) is 0 Å². The molecule has 0 bridgehead atoms. The topological polar surface area (TPSA) is 35.8 Å². The molecule has 0 aromatic rings. The van der Waals surface area contributed by atoms with E-state index in [1.165, 1.54) is 0 Å². The van der Waals surface area contributed by atoms with Crippen LogP contribution in [0.4, 0.5) is 4.39 Å². The molecule has 1 rings (SSSR count). The maximum atomic E-state index is 12.1. The monoisotopic (exact) mass is 150 g/mol. The maximum absolute atomic E-state index is 12.1. The molecule has 1 heterocycles. The van der Waals surface area contributed by atoms with Crippen molar-refractivity contribution >= 4 is 12.4 Å². The fourth-order valence-corrected chi connectivity index (χ4v) is 0.791. The van der Waals surface area contributed by atoms with Crippen molar-refractivity contribution in [3.63, 3.8) is 0 Å². The SMILES string of the molecule is Cl.N#C[C@H]1C[C@@H](F)CN1. The second kappa shape index (κ2) is 3.65.